The van der Waals surface area contributed by atoms with Gasteiger partial charge in [0.1, 0.15) is 11.9 Å². The second kappa shape index (κ2) is 7.19. The monoisotopic (exact) mass is 250 g/mol. The molecule has 0 aliphatic heterocycles. The van der Waals surface area contributed by atoms with Gasteiger partial charge in [0.15, 0.2) is 0 Å². The molecule has 18 heavy (non-hydrogen) atoms. The summed E-state index contributed by atoms with van der Waals surface area (Å²) in [5, 5.41) is 19.5. The van der Waals surface area contributed by atoms with E-state index in [0.717, 1.165) is 0 Å². The van der Waals surface area contributed by atoms with E-state index in [1.54, 1.807) is 18.1 Å². The summed E-state index contributed by atoms with van der Waals surface area (Å²) in [6.07, 6.45) is 3.00. The summed E-state index contributed by atoms with van der Waals surface area (Å²) < 4.78 is 4.96. The number of nitro groups is 1. The van der Waals surface area contributed by atoms with Gasteiger partial charge in [-0.25, -0.2) is 0 Å². The van der Waals surface area contributed by atoms with E-state index in [2.05, 4.69) is 4.98 Å². The fourth-order valence-corrected chi connectivity index (χ4v) is 1.53. The first-order valence-corrected chi connectivity index (χ1v) is 5.40. The van der Waals surface area contributed by atoms with Crippen LogP contribution in [0.1, 0.15) is 6.42 Å². The van der Waals surface area contributed by atoms with Gasteiger partial charge in [-0.15, -0.1) is 0 Å². The Balaban J connectivity index is 2.96. The second-order valence-corrected chi connectivity index (χ2v) is 3.51. The zero-order chi connectivity index (χ0) is 13.4. The van der Waals surface area contributed by atoms with Gasteiger partial charge in [-0.2, -0.15) is 5.26 Å². The number of hydrogen-bond donors (Lipinski definition) is 0. The molecule has 7 heteroatoms. The van der Waals surface area contributed by atoms with E-state index >= 15 is 0 Å². The van der Waals surface area contributed by atoms with Gasteiger partial charge in [-0.05, 0) is 6.07 Å². The maximum absolute atomic E-state index is 10.9. The Morgan fingerprint density at radius 1 is 1.61 bits per heavy atom. The SMILES string of the molecule is COCCN(CCC#N)c1ccncc1[N+](=O)[O-]. The van der Waals surface area contributed by atoms with Gasteiger partial charge in [-0.3, -0.25) is 15.1 Å². The summed E-state index contributed by atoms with van der Waals surface area (Å²) in [5.41, 5.74) is 0.397. The molecule has 0 aliphatic rings. The van der Waals surface area contributed by atoms with Crippen molar-refractivity contribution in [1.29, 1.82) is 5.26 Å². The quantitative estimate of drug-likeness (QED) is 0.535. The first-order valence-electron chi connectivity index (χ1n) is 5.40. The molecule has 0 unspecified atom stereocenters. The van der Waals surface area contributed by atoms with Gasteiger partial charge in [-0.1, -0.05) is 0 Å². The number of aromatic nitrogens is 1. The summed E-state index contributed by atoms with van der Waals surface area (Å²) in [4.78, 5) is 15.9. The fourth-order valence-electron chi connectivity index (χ4n) is 1.53. The third-order valence-corrected chi connectivity index (χ3v) is 2.37. The van der Waals surface area contributed by atoms with Crippen molar-refractivity contribution in [3.63, 3.8) is 0 Å². The average molecular weight is 250 g/mol. The Bertz CT molecular complexity index is 444. The van der Waals surface area contributed by atoms with E-state index in [-0.39, 0.29) is 5.69 Å². The number of rotatable bonds is 7. The first-order chi connectivity index (χ1) is 8.70. The lowest BCUT2D eigenvalue weighted by Crippen LogP contribution is -2.28. The highest BCUT2D eigenvalue weighted by atomic mass is 16.6. The number of nitrogens with zero attached hydrogens (tertiary/aromatic N) is 4. The van der Waals surface area contributed by atoms with E-state index in [1.807, 2.05) is 6.07 Å². The fraction of sp³-hybridized carbons (Fsp3) is 0.455. The van der Waals surface area contributed by atoms with Crippen LogP contribution in [0.25, 0.3) is 0 Å². The van der Waals surface area contributed by atoms with Crippen molar-refractivity contribution in [2.24, 2.45) is 0 Å². The van der Waals surface area contributed by atoms with E-state index in [0.29, 0.717) is 31.8 Å². The van der Waals surface area contributed by atoms with Crippen molar-refractivity contribution in [2.75, 3.05) is 31.7 Å². The molecule has 0 aromatic carbocycles. The zero-order valence-corrected chi connectivity index (χ0v) is 10.1. The van der Waals surface area contributed by atoms with Crippen molar-refractivity contribution in [2.45, 2.75) is 6.42 Å². The summed E-state index contributed by atoms with van der Waals surface area (Å²) in [7, 11) is 1.56. The van der Waals surface area contributed by atoms with Gasteiger partial charge in [0.2, 0.25) is 0 Å². The molecule has 0 fully saturated rings. The molecular weight excluding hydrogens is 236 g/mol. The summed E-state index contributed by atoms with van der Waals surface area (Å²) in [6, 6.07) is 3.60. The van der Waals surface area contributed by atoms with Crippen LogP contribution in [-0.2, 0) is 4.74 Å². The Morgan fingerprint density at radius 2 is 2.39 bits per heavy atom. The Hall–Kier alpha value is -2.20. The van der Waals surface area contributed by atoms with Crippen LogP contribution in [0.15, 0.2) is 18.5 Å². The zero-order valence-electron chi connectivity index (χ0n) is 10.1. The molecule has 0 aliphatic carbocycles. The molecule has 0 saturated carbocycles. The standard InChI is InChI=1S/C11H14N4O3/c1-18-8-7-14(6-2-4-12)10-3-5-13-9-11(10)15(16)17/h3,5,9H,2,6-8H2,1H3. The summed E-state index contributed by atoms with van der Waals surface area (Å²) in [5.74, 6) is 0. The highest BCUT2D eigenvalue weighted by Gasteiger charge is 2.18. The molecule has 1 rings (SSSR count). The Kier molecular flexibility index (Phi) is 5.54. The van der Waals surface area contributed by atoms with E-state index < -0.39 is 4.92 Å². The van der Waals surface area contributed by atoms with Crippen LogP contribution in [0, 0.1) is 21.4 Å². The minimum Gasteiger partial charge on any atom is -0.383 e. The average Bonchev–Trinajstić information content (AvgIpc) is 2.39. The van der Waals surface area contributed by atoms with Crippen molar-refractivity contribution in [1.82, 2.24) is 4.98 Å². The number of anilines is 1. The molecule has 0 amide bonds. The van der Waals surface area contributed by atoms with Crippen LogP contribution >= 0.6 is 0 Å². The van der Waals surface area contributed by atoms with Crippen molar-refractivity contribution in [3.8, 4) is 6.07 Å². The first kappa shape index (κ1) is 13.9. The Labute approximate surface area is 105 Å². The highest BCUT2D eigenvalue weighted by molar-refractivity contribution is 5.61. The molecule has 0 N–H and O–H groups in total. The van der Waals surface area contributed by atoms with E-state index in [9.17, 15) is 10.1 Å². The van der Waals surface area contributed by atoms with Crippen LogP contribution in [0.3, 0.4) is 0 Å². The third kappa shape index (κ3) is 3.68. The van der Waals surface area contributed by atoms with Crippen LogP contribution in [0.2, 0.25) is 0 Å². The van der Waals surface area contributed by atoms with E-state index in [4.69, 9.17) is 10.00 Å². The number of ether oxygens (including phenoxy) is 1. The highest BCUT2D eigenvalue weighted by Crippen LogP contribution is 2.26. The molecule has 0 radical (unpaired) electrons. The van der Waals surface area contributed by atoms with Gasteiger partial charge in [0.25, 0.3) is 0 Å². The van der Waals surface area contributed by atoms with Crippen LogP contribution in [-0.4, -0.2) is 36.7 Å². The minimum absolute atomic E-state index is 0.0634. The topological polar surface area (TPSA) is 92.3 Å². The lowest BCUT2D eigenvalue weighted by molar-refractivity contribution is -0.384. The maximum Gasteiger partial charge on any atom is 0.310 e. The smallest absolute Gasteiger partial charge is 0.310 e. The van der Waals surface area contributed by atoms with Gasteiger partial charge < -0.3 is 9.64 Å². The van der Waals surface area contributed by atoms with Gasteiger partial charge >= 0.3 is 5.69 Å². The number of methoxy groups -OCH3 is 1. The molecule has 1 heterocycles. The molecule has 96 valence electrons. The largest absolute Gasteiger partial charge is 0.383 e. The molecule has 0 bridgehead atoms. The van der Waals surface area contributed by atoms with Crippen molar-refractivity contribution >= 4 is 11.4 Å². The summed E-state index contributed by atoms with van der Waals surface area (Å²) in [6.45, 7) is 1.35. The lowest BCUT2D eigenvalue weighted by atomic mass is 10.3. The predicted molar refractivity (Wildman–Crippen MR) is 65.2 cm³/mol. The lowest BCUT2D eigenvalue weighted by Gasteiger charge is -2.22. The summed E-state index contributed by atoms with van der Waals surface area (Å²) >= 11 is 0. The van der Waals surface area contributed by atoms with Gasteiger partial charge in [0.05, 0.1) is 24.0 Å². The van der Waals surface area contributed by atoms with Crippen molar-refractivity contribution < 1.29 is 9.66 Å². The maximum atomic E-state index is 10.9. The van der Waals surface area contributed by atoms with Crippen LogP contribution in [0.5, 0.6) is 0 Å². The second-order valence-electron chi connectivity index (χ2n) is 3.51. The molecule has 0 spiro atoms. The molecule has 1 aromatic rings. The molecule has 1 aromatic heterocycles. The van der Waals surface area contributed by atoms with Gasteiger partial charge in [0, 0.05) is 26.4 Å². The Morgan fingerprint density at radius 3 is 3.00 bits per heavy atom. The molecule has 0 atom stereocenters. The van der Waals surface area contributed by atoms with Crippen LogP contribution < -0.4 is 4.90 Å². The molecular formula is C11H14N4O3. The molecule has 0 saturated heterocycles. The minimum atomic E-state index is -0.478. The normalized spacial score (nSPS) is 9.78. The third-order valence-electron chi connectivity index (χ3n) is 2.37. The number of hydrogen-bond acceptors (Lipinski definition) is 6. The van der Waals surface area contributed by atoms with E-state index in [1.165, 1.54) is 12.4 Å². The van der Waals surface area contributed by atoms with Crippen LogP contribution in [0.4, 0.5) is 11.4 Å². The predicted octanol–water partition coefficient (Wildman–Crippen LogP) is 1.36. The number of nitriles is 1. The number of pyridine rings is 1. The molecule has 7 nitrogen and oxygen atoms in total. The van der Waals surface area contributed by atoms with Crippen molar-refractivity contribution in [3.05, 3.63) is 28.6 Å².